The van der Waals surface area contributed by atoms with E-state index in [2.05, 4.69) is 10.3 Å². The third-order valence-corrected chi connectivity index (χ3v) is 5.49. The minimum atomic E-state index is -0.360. The number of carbonyl (C=O) groups excluding carboxylic acids is 1. The Bertz CT molecular complexity index is 1220. The van der Waals surface area contributed by atoms with Gasteiger partial charge in [0.05, 0.1) is 15.6 Å². The molecule has 1 amide bonds. The highest BCUT2D eigenvalue weighted by molar-refractivity contribution is 6.44. The van der Waals surface area contributed by atoms with Crippen LogP contribution in [0.25, 0.3) is 22.6 Å². The molecule has 0 unspecified atom stereocenters. The largest absolute Gasteiger partial charge is 0.436 e. The van der Waals surface area contributed by atoms with Gasteiger partial charge < -0.3 is 9.73 Å². The summed E-state index contributed by atoms with van der Waals surface area (Å²) in [4.78, 5) is 17.0. The molecule has 0 aliphatic heterocycles. The van der Waals surface area contributed by atoms with Crippen molar-refractivity contribution in [3.63, 3.8) is 0 Å². The minimum Gasteiger partial charge on any atom is -0.436 e. The fourth-order valence-electron chi connectivity index (χ4n) is 2.73. The van der Waals surface area contributed by atoms with Gasteiger partial charge in [-0.1, -0.05) is 46.9 Å². The summed E-state index contributed by atoms with van der Waals surface area (Å²) < 4.78 is 5.81. The lowest BCUT2D eigenvalue weighted by Crippen LogP contribution is -2.12. The van der Waals surface area contributed by atoms with Gasteiger partial charge in [0.2, 0.25) is 5.89 Å². The summed E-state index contributed by atoms with van der Waals surface area (Å²) in [5.74, 6) is 0.0964. The molecule has 0 spiro atoms. The standard InChI is InChI=1S/C21H13Cl3N2O2/c1-11-5-6-12(9-16(11)23)21-26-17-10-13(7-8-18(17)28-21)25-20(27)14-3-2-4-15(22)19(14)24/h2-10H,1H3,(H,25,27). The highest BCUT2D eigenvalue weighted by atomic mass is 35.5. The Balaban J connectivity index is 1.64. The van der Waals surface area contributed by atoms with E-state index in [0.717, 1.165) is 11.1 Å². The van der Waals surface area contributed by atoms with Crippen LogP contribution >= 0.6 is 34.8 Å². The highest BCUT2D eigenvalue weighted by Gasteiger charge is 2.14. The first-order valence-corrected chi connectivity index (χ1v) is 9.48. The van der Waals surface area contributed by atoms with Crippen molar-refractivity contribution in [2.75, 3.05) is 5.32 Å². The topological polar surface area (TPSA) is 55.1 Å². The van der Waals surface area contributed by atoms with Crippen LogP contribution < -0.4 is 5.32 Å². The number of fused-ring (bicyclic) bond motifs is 1. The van der Waals surface area contributed by atoms with Crippen molar-refractivity contribution in [3.05, 3.63) is 80.8 Å². The van der Waals surface area contributed by atoms with Gasteiger partial charge >= 0.3 is 0 Å². The zero-order valence-electron chi connectivity index (χ0n) is 14.6. The molecule has 4 nitrogen and oxygen atoms in total. The Labute approximate surface area is 176 Å². The van der Waals surface area contributed by atoms with Gasteiger partial charge in [-0.15, -0.1) is 0 Å². The van der Waals surface area contributed by atoms with Crippen LogP contribution in [-0.2, 0) is 0 Å². The molecule has 1 aromatic heterocycles. The van der Waals surface area contributed by atoms with Gasteiger partial charge in [0, 0.05) is 16.3 Å². The van der Waals surface area contributed by atoms with Crippen LogP contribution in [0.4, 0.5) is 5.69 Å². The molecule has 0 bridgehead atoms. The van der Waals surface area contributed by atoms with Crippen molar-refractivity contribution in [1.29, 1.82) is 0 Å². The van der Waals surface area contributed by atoms with Crippen molar-refractivity contribution in [1.82, 2.24) is 4.98 Å². The molecule has 3 aromatic carbocycles. The zero-order valence-corrected chi connectivity index (χ0v) is 16.9. The van der Waals surface area contributed by atoms with Crippen LogP contribution in [0.2, 0.25) is 15.1 Å². The Morgan fingerprint density at radius 2 is 1.82 bits per heavy atom. The molecule has 28 heavy (non-hydrogen) atoms. The van der Waals surface area contributed by atoms with Crippen LogP contribution in [0.15, 0.2) is 59.0 Å². The summed E-state index contributed by atoms with van der Waals surface area (Å²) >= 11 is 18.3. The normalized spacial score (nSPS) is 11.0. The van der Waals surface area contributed by atoms with Gasteiger partial charge in [0.15, 0.2) is 5.58 Å². The number of hydrogen-bond acceptors (Lipinski definition) is 3. The van der Waals surface area contributed by atoms with Gasteiger partial charge in [-0.3, -0.25) is 4.79 Å². The maximum Gasteiger partial charge on any atom is 0.257 e. The molecule has 7 heteroatoms. The summed E-state index contributed by atoms with van der Waals surface area (Å²) in [5.41, 5.74) is 3.83. The fourth-order valence-corrected chi connectivity index (χ4v) is 3.30. The lowest BCUT2D eigenvalue weighted by Gasteiger charge is -2.07. The molecule has 0 aliphatic rings. The van der Waals surface area contributed by atoms with Crippen LogP contribution in [0.1, 0.15) is 15.9 Å². The molecule has 1 N–H and O–H groups in total. The van der Waals surface area contributed by atoms with E-state index in [9.17, 15) is 4.79 Å². The number of amides is 1. The number of rotatable bonds is 3. The number of carbonyl (C=O) groups is 1. The molecule has 0 fully saturated rings. The van der Waals surface area contributed by atoms with Crippen molar-refractivity contribution in [2.24, 2.45) is 0 Å². The van der Waals surface area contributed by atoms with Crippen molar-refractivity contribution >= 4 is 57.5 Å². The molecule has 1 heterocycles. The number of oxazole rings is 1. The fraction of sp³-hybridized carbons (Fsp3) is 0.0476. The maximum absolute atomic E-state index is 12.5. The number of hydrogen-bond donors (Lipinski definition) is 1. The SMILES string of the molecule is Cc1ccc(-c2nc3cc(NC(=O)c4cccc(Cl)c4Cl)ccc3o2)cc1Cl. The van der Waals surface area contributed by atoms with E-state index in [1.165, 1.54) is 0 Å². The van der Waals surface area contributed by atoms with Gasteiger partial charge in [0.25, 0.3) is 5.91 Å². The second-order valence-corrected chi connectivity index (χ2v) is 7.41. The predicted octanol–water partition coefficient (Wildman–Crippen LogP) is 7.02. The van der Waals surface area contributed by atoms with Crippen LogP contribution in [0, 0.1) is 6.92 Å². The number of aryl methyl sites for hydroxylation is 1. The molecule has 0 saturated carbocycles. The van der Waals surface area contributed by atoms with Gasteiger partial charge in [-0.25, -0.2) is 4.98 Å². The number of halogens is 3. The molecular weight excluding hydrogens is 419 g/mol. The smallest absolute Gasteiger partial charge is 0.257 e. The van der Waals surface area contributed by atoms with E-state index in [-0.39, 0.29) is 10.9 Å². The van der Waals surface area contributed by atoms with Gasteiger partial charge in [-0.05, 0) is 55.0 Å². The van der Waals surface area contributed by atoms with Crippen LogP contribution in [0.5, 0.6) is 0 Å². The third-order valence-electron chi connectivity index (χ3n) is 4.26. The quantitative estimate of drug-likeness (QED) is 0.379. The summed E-state index contributed by atoms with van der Waals surface area (Å²) in [5, 5.41) is 3.98. The lowest BCUT2D eigenvalue weighted by atomic mass is 10.1. The molecule has 140 valence electrons. The third kappa shape index (κ3) is 3.59. The average Bonchev–Trinajstić information content (AvgIpc) is 3.09. The highest BCUT2D eigenvalue weighted by Crippen LogP contribution is 2.30. The van der Waals surface area contributed by atoms with Crippen molar-refractivity contribution < 1.29 is 9.21 Å². The molecule has 0 radical (unpaired) electrons. The summed E-state index contributed by atoms with van der Waals surface area (Å²) in [6.45, 7) is 1.93. The first-order chi connectivity index (χ1) is 13.4. The van der Waals surface area contributed by atoms with E-state index < -0.39 is 0 Å². The first-order valence-electron chi connectivity index (χ1n) is 8.35. The first kappa shape index (κ1) is 18.8. The Morgan fingerprint density at radius 3 is 2.61 bits per heavy atom. The van der Waals surface area contributed by atoms with Crippen LogP contribution in [-0.4, -0.2) is 10.9 Å². The zero-order chi connectivity index (χ0) is 19.8. The Morgan fingerprint density at radius 1 is 1.00 bits per heavy atom. The predicted molar refractivity (Wildman–Crippen MR) is 114 cm³/mol. The maximum atomic E-state index is 12.5. The minimum absolute atomic E-state index is 0.211. The molecule has 4 aromatic rings. The number of nitrogens with one attached hydrogen (secondary N) is 1. The summed E-state index contributed by atoms with van der Waals surface area (Å²) in [6.07, 6.45) is 0. The number of benzene rings is 3. The second kappa shape index (κ2) is 7.47. The van der Waals surface area contributed by atoms with E-state index >= 15 is 0 Å². The van der Waals surface area contributed by atoms with E-state index in [1.54, 1.807) is 36.4 Å². The molecule has 4 rings (SSSR count). The lowest BCUT2D eigenvalue weighted by molar-refractivity contribution is 0.102. The molecular formula is C21H13Cl3N2O2. The molecule has 0 aliphatic carbocycles. The monoisotopic (exact) mass is 430 g/mol. The number of aromatic nitrogens is 1. The second-order valence-electron chi connectivity index (χ2n) is 6.22. The molecule has 0 saturated heterocycles. The summed E-state index contributed by atoms with van der Waals surface area (Å²) in [7, 11) is 0. The van der Waals surface area contributed by atoms with E-state index in [1.807, 2.05) is 25.1 Å². The van der Waals surface area contributed by atoms with E-state index in [4.69, 9.17) is 39.2 Å². The van der Waals surface area contributed by atoms with E-state index in [0.29, 0.717) is 38.3 Å². The van der Waals surface area contributed by atoms with Crippen molar-refractivity contribution in [3.8, 4) is 11.5 Å². The molecule has 0 atom stereocenters. The number of anilines is 1. The van der Waals surface area contributed by atoms with Crippen molar-refractivity contribution in [2.45, 2.75) is 6.92 Å². The average molecular weight is 432 g/mol. The van der Waals surface area contributed by atoms with Crippen LogP contribution in [0.3, 0.4) is 0 Å². The number of nitrogens with zero attached hydrogens (tertiary/aromatic N) is 1. The van der Waals surface area contributed by atoms with Gasteiger partial charge in [0.1, 0.15) is 5.52 Å². The Kier molecular flexibility index (Phi) is 5.02. The summed E-state index contributed by atoms with van der Waals surface area (Å²) in [6, 6.07) is 15.7. The Hall–Kier alpha value is -2.53. The van der Waals surface area contributed by atoms with Gasteiger partial charge in [-0.2, -0.15) is 0 Å².